The second-order valence-electron chi connectivity index (χ2n) is 11.6. The molecule has 0 spiro atoms. The number of carbonyl (C=O) groups excluding carboxylic acids is 5. The molecule has 3 fully saturated rings. The predicted octanol–water partition coefficient (Wildman–Crippen LogP) is 2.10. The Morgan fingerprint density at radius 1 is 1.16 bits per heavy atom. The first-order chi connectivity index (χ1) is 24.0. The highest BCUT2D eigenvalue weighted by Crippen LogP contribution is 2.65. The fourth-order valence-corrected chi connectivity index (χ4v) is 5.02. The van der Waals surface area contributed by atoms with Gasteiger partial charge in [-0.1, -0.05) is 53.5 Å². The summed E-state index contributed by atoms with van der Waals surface area (Å²) in [4.78, 5) is 68.0. The molecule has 3 aliphatic rings. The monoisotopic (exact) mass is 550 g/mol. The molecule has 10 heteroatoms. The second-order valence-corrected chi connectivity index (χ2v) is 11.6. The first-order valence-corrected chi connectivity index (χ1v) is 12.1. The zero-order valence-corrected chi connectivity index (χ0v) is 22.0. The summed E-state index contributed by atoms with van der Waals surface area (Å²) in [7, 11) is 0. The number of nitrogens with zero attached hydrogens (tertiary/aromatic N) is 1. The summed E-state index contributed by atoms with van der Waals surface area (Å²) < 4.78 is 138. The molecule has 0 bridgehead atoms. The molecule has 2 saturated carbocycles. The minimum atomic E-state index is -3.81. The number of hydrogen-bond acceptors (Lipinski definition) is 5. The van der Waals surface area contributed by atoms with E-state index in [0.717, 1.165) is 4.90 Å². The van der Waals surface area contributed by atoms with E-state index in [-0.39, 0.29) is 6.54 Å². The summed E-state index contributed by atoms with van der Waals surface area (Å²) in [5.74, 6) is -11.3. The number of nitrogens with two attached hydrogens (primary N) is 1. The maximum Gasteiger partial charge on any atom is 0.315 e. The second kappa shape index (κ2) is 10.5. The number of carbonyl (C=O) groups is 5. The minimum Gasteiger partial charge on any atom is -0.363 e. The molecule has 2 aliphatic carbocycles. The molecule has 5 amide bonds. The van der Waals surface area contributed by atoms with Crippen LogP contribution in [0.15, 0.2) is 0 Å². The molecule has 38 heavy (non-hydrogen) atoms. The first kappa shape index (κ1) is 14.1. The van der Waals surface area contributed by atoms with Gasteiger partial charge in [0.2, 0.25) is 17.6 Å². The molecule has 0 aromatic heterocycles. The Morgan fingerprint density at radius 3 is 2.34 bits per heavy atom. The SMILES string of the molecule is [2H]C(CC1([2H])C([2H])([2H])C([2H])([2H])C1([2H])[2H])(NC(=O)[C@@H]1[C@@H]2[C@H](CN1C(=O)[C@H](CC(C([2H])([2H])[2H])(C([2H])([2H])[2H])C([2H])([2H])[2H])NC(=O)NC(C)(C)C)C2(C)C)C(=O)C(N)=O. The Labute approximate surface area is 250 Å². The number of urea groups is 1. The first-order valence-electron chi connectivity index (χ1n) is 20.6. The minimum absolute atomic E-state index is 0.349. The maximum atomic E-state index is 14.5. The van der Waals surface area contributed by atoms with E-state index in [1.165, 1.54) is 20.8 Å². The van der Waals surface area contributed by atoms with E-state index >= 15 is 0 Å². The maximum absolute atomic E-state index is 14.5. The lowest BCUT2D eigenvalue weighted by molar-refractivity contribution is -0.144. The predicted molar refractivity (Wildman–Crippen MR) is 144 cm³/mol. The van der Waals surface area contributed by atoms with Crippen molar-refractivity contribution in [1.29, 1.82) is 0 Å². The number of hydrogen-bond donors (Lipinski definition) is 4. The van der Waals surface area contributed by atoms with E-state index < -0.39 is 134 Å². The van der Waals surface area contributed by atoms with Crippen LogP contribution in [-0.4, -0.2) is 64.6 Å². The zero-order chi connectivity index (χ0) is 43.5. The Bertz CT molecular complexity index is 1570. The van der Waals surface area contributed by atoms with Gasteiger partial charge in [0.25, 0.3) is 5.91 Å². The Morgan fingerprint density at radius 2 is 1.79 bits per heavy atom. The Kier molecular flexibility index (Phi) is 3.90. The lowest BCUT2D eigenvalue weighted by atomic mass is 9.80. The summed E-state index contributed by atoms with van der Waals surface area (Å²) in [6.45, 7) is -3.88. The quantitative estimate of drug-likeness (QED) is 0.324. The van der Waals surface area contributed by atoms with Gasteiger partial charge in [-0.05, 0) is 62.2 Å². The van der Waals surface area contributed by atoms with Gasteiger partial charge < -0.3 is 26.6 Å². The van der Waals surface area contributed by atoms with Crippen molar-refractivity contribution < 1.29 is 47.3 Å². The molecule has 1 saturated heterocycles. The summed E-state index contributed by atoms with van der Waals surface area (Å²) >= 11 is 0. The van der Waals surface area contributed by atoms with Crippen LogP contribution >= 0.6 is 0 Å². The van der Waals surface area contributed by atoms with Crippen molar-refractivity contribution in [2.24, 2.45) is 34.3 Å². The van der Waals surface area contributed by atoms with Crippen LogP contribution in [0.1, 0.15) is 110 Å². The fraction of sp³-hybridized carbons (Fsp3) is 0.821. The molecule has 0 radical (unpaired) electrons. The highest BCUT2D eigenvalue weighted by Gasteiger charge is 2.69. The van der Waals surface area contributed by atoms with Gasteiger partial charge in [0.1, 0.15) is 12.1 Å². The Hall–Kier alpha value is -2.65. The number of likely N-dealkylation sites (tertiary alicyclic amines) is 1. The number of fused-ring (bicyclic) bond motifs is 1. The third-order valence-electron chi connectivity index (χ3n) is 6.91. The van der Waals surface area contributed by atoms with Crippen molar-refractivity contribution in [2.75, 3.05) is 6.54 Å². The average Bonchev–Trinajstić information content (AvgIpc) is 3.27. The standard InChI is InChI=1S/C28H47N5O5/c1-26(2,3)13-18(31-25(38)32-27(4,5)6)24(37)33-14-16-19(28(16,7)8)20(33)23(36)30-17(21(34)22(29)35)12-15-10-9-11-15/h15-20H,9-14H2,1-8H3,(H2,29,35)(H,30,36)(H2,31,32,38)/t16-,17?,18-,19-,20-/m0/s1/i1D3,2D3,3D3,9D2,10D2,11D2,15D,17D. The van der Waals surface area contributed by atoms with Crippen molar-refractivity contribution >= 4 is 29.5 Å². The van der Waals surface area contributed by atoms with Gasteiger partial charge in [-0.3, -0.25) is 19.2 Å². The lowest BCUT2D eigenvalue weighted by Gasteiger charge is -2.36. The topological polar surface area (TPSA) is 151 Å². The Balaban J connectivity index is 2.17. The van der Waals surface area contributed by atoms with Gasteiger partial charge in [0, 0.05) is 34.0 Å². The molecular formula is C28H47N5O5. The van der Waals surface area contributed by atoms with Crippen LogP contribution in [0.5, 0.6) is 0 Å². The summed E-state index contributed by atoms with van der Waals surface area (Å²) in [5.41, 5.74) is -0.269. The van der Waals surface area contributed by atoms with E-state index in [0.29, 0.717) is 0 Å². The number of rotatable bonds is 9. The summed E-state index contributed by atoms with van der Waals surface area (Å²) in [6, 6.07) is -8.63. The normalized spacial score (nSPS) is 39.1. The van der Waals surface area contributed by atoms with Crippen LogP contribution < -0.4 is 21.7 Å². The van der Waals surface area contributed by atoms with E-state index in [1.54, 1.807) is 13.8 Å². The smallest absolute Gasteiger partial charge is 0.315 e. The van der Waals surface area contributed by atoms with Gasteiger partial charge >= 0.3 is 6.03 Å². The third kappa shape index (κ3) is 6.86. The number of primary amides is 1. The highest BCUT2D eigenvalue weighted by atomic mass is 16.2. The van der Waals surface area contributed by atoms with Crippen LogP contribution in [0, 0.1) is 28.6 Å². The largest absolute Gasteiger partial charge is 0.363 e. The molecule has 10 nitrogen and oxygen atoms in total. The molecule has 0 aromatic carbocycles. The third-order valence-corrected chi connectivity index (χ3v) is 6.91. The summed E-state index contributed by atoms with van der Waals surface area (Å²) in [6.07, 6.45) is -13.3. The van der Waals surface area contributed by atoms with Crippen molar-refractivity contribution in [3.8, 4) is 0 Å². The molecule has 214 valence electrons. The fourth-order valence-electron chi connectivity index (χ4n) is 5.02. The number of Topliss-reactive ketones (excluding diaryl/α,β-unsaturated/α-hetero) is 1. The highest BCUT2D eigenvalue weighted by molar-refractivity contribution is 6.37. The lowest BCUT2D eigenvalue weighted by Crippen LogP contribution is -2.60. The van der Waals surface area contributed by atoms with Crippen LogP contribution in [-0.2, 0) is 19.2 Å². The number of nitrogens with one attached hydrogen (secondary N) is 3. The van der Waals surface area contributed by atoms with Crippen LogP contribution in [0.3, 0.4) is 0 Å². The molecule has 1 unspecified atom stereocenters. The number of amides is 5. The molecule has 1 heterocycles. The molecule has 5 atom stereocenters. The van der Waals surface area contributed by atoms with Crippen molar-refractivity contribution in [3.63, 3.8) is 0 Å². The van der Waals surface area contributed by atoms with Gasteiger partial charge in [-0.25, -0.2) is 4.79 Å². The van der Waals surface area contributed by atoms with Crippen molar-refractivity contribution in [3.05, 3.63) is 0 Å². The van der Waals surface area contributed by atoms with Crippen molar-refractivity contribution in [2.45, 2.75) is 111 Å². The molecular weight excluding hydrogens is 486 g/mol. The van der Waals surface area contributed by atoms with Gasteiger partial charge in [-0.2, -0.15) is 0 Å². The van der Waals surface area contributed by atoms with Crippen LogP contribution in [0.25, 0.3) is 0 Å². The van der Waals surface area contributed by atoms with Gasteiger partial charge in [0.05, 0.1) is 7.39 Å². The summed E-state index contributed by atoms with van der Waals surface area (Å²) in [5, 5.41) is 6.49. The molecule has 0 aromatic rings. The van der Waals surface area contributed by atoms with E-state index in [2.05, 4.69) is 10.6 Å². The van der Waals surface area contributed by atoms with Crippen molar-refractivity contribution in [1.82, 2.24) is 20.9 Å². The average molecular weight is 551 g/mol. The van der Waals surface area contributed by atoms with Crippen LogP contribution in [0.2, 0.25) is 0 Å². The molecule has 1 aliphatic heterocycles. The van der Waals surface area contributed by atoms with Gasteiger partial charge in [-0.15, -0.1) is 0 Å². The molecule has 5 N–H and O–H groups in total. The van der Waals surface area contributed by atoms with Gasteiger partial charge in [0.15, 0.2) is 0 Å². The van der Waals surface area contributed by atoms with E-state index in [4.69, 9.17) is 29.0 Å². The van der Waals surface area contributed by atoms with E-state index in [1.807, 2.05) is 5.32 Å². The molecule has 3 rings (SSSR count). The van der Waals surface area contributed by atoms with E-state index in [9.17, 15) is 24.0 Å². The number of ketones is 1. The van der Waals surface area contributed by atoms with Crippen LogP contribution in [0.4, 0.5) is 4.79 Å². The zero-order valence-electron chi connectivity index (χ0n) is 39.0. The number of piperidine rings is 1.